The second-order valence-electron chi connectivity index (χ2n) is 9.25. The molecule has 0 aromatic carbocycles. The molecule has 29 heavy (non-hydrogen) atoms. The van der Waals surface area contributed by atoms with Crippen molar-refractivity contribution in [3.05, 3.63) is 35.7 Å². The summed E-state index contributed by atoms with van der Waals surface area (Å²) >= 11 is 0. The molecule has 0 spiro atoms. The molecule has 2 aromatic rings. The molecule has 2 bridgehead atoms. The molecule has 154 valence electrons. The fourth-order valence-electron chi connectivity index (χ4n) is 4.72. The summed E-state index contributed by atoms with van der Waals surface area (Å²) in [4.78, 5) is 24.7. The van der Waals surface area contributed by atoms with E-state index < -0.39 is 0 Å². The van der Waals surface area contributed by atoms with E-state index >= 15 is 0 Å². The number of amides is 2. The summed E-state index contributed by atoms with van der Waals surface area (Å²) < 4.78 is 7.37. The molecule has 0 radical (unpaired) electrons. The highest BCUT2D eigenvalue weighted by molar-refractivity contribution is 5.76. The van der Waals surface area contributed by atoms with Crippen molar-refractivity contribution in [1.82, 2.24) is 35.2 Å². The molecule has 2 fully saturated rings. The lowest BCUT2D eigenvalue weighted by Gasteiger charge is -2.37. The van der Waals surface area contributed by atoms with Crippen molar-refractivity contribution in [1.29, 1.82) is 0 Å². The molecular weight excluding hydrogens is 370 g/mol. The summed E-state index contributed by atoms with van der Waals surface area (Å²) in [6, 6.07) is 0.0364. The molecule has 2 aromatic heterocycles. The molecule has 9 heteroatoms. The Bertz CT molecular complexity index is 908. The lowest BCUT2D eigenvalue weighted by Crippen LogP contribution is -2.52. The van der Waals surface area contributed by atoms with Crippen molar-refractivity contribution in [3.8, 4) is 0 Å². The van der Waals surface area contributed by atoms with E-state index in [-0.39, 0.29) is 35.6 Å². The number of carbonyl (C=O) groups is 1. The molecule has 2 unspecified atom stereocenters. The molecule has 2 amide bonds. The summed E-state index contributed by atoms with van der Waals surface area (Å²) in [6.07, 6.45) is 8.13. The molecule has 0 aliphatic carbocycles. The second kappa shape index (κ2) is 6.76. The normalized spacial score (nSPS) is 28.4. The van der Waals surface area contributed by atoms with Crippen LogP contribution in [0.2, 0.25) is 0 Å². The summed E-state index contributed by atoms with van der Waals surface area (Å²) in [5.74, 6) is 0.868. The van der Waals surface area contributed by atoms with Crippen molar-refractivity contribution in [2.45, 2.75) is 69.6 Å². The predicted molar refractivity (Wildman–Crippen MR) is 104 cm³/mol. The van der Waals surface area contributed by atoms with Crippen molar-refractivity contribution in [2.24, 2.45) is 0 Å². The maximum absolute atomic E-state index is 13.2. The van der Waals surface area contributed by atoms with Crippen LogP contribution in [-0.4, -0.2) is 61.2 Å². The zero-order chi connectivity index (χ0) is 20.2. The first-order valence-corrected chi connectivity index (χ1v) is 10.3. The largest absolute Gasteiger partial charge is 0.377 e. The summed E-state index contributed by atoms with van der Waals surface area (Å²) in [7, 11) is 0. The lowest BCUT2D eigenvalue weighted by atomic mass is 9.93. The molecule has 5 heterocycles. The van der Waals surface area contributed by atoms with Gasteiger partial charge in [-0.2, -0.15) is 0 Å². The summed E-state index contributed by atoms with van der Waals surface area (Å²) in [6.45, 7) is 7.38. The summed E-state index contributed by atoms with van der Waals surface area (Å²) in [5, 5.41) is 11.1. The number of nitrogens with zero attached hydrogens (tertiary/aromatic N) is 6. The number of urea groups is 1. The van der Waals surface area contributed by atoms with Crippen LogP contribution in [0.5, 0.6) is 0 Å². The smallest absolute Gasteiger partial charge is 0.318 e. The molecule has 9 nitrogen and oxygen atoms in total. The van der Waals surface area contributed by atoms with E-state index in [1.165, 1.54) is 0 Å². The van der Waals surface area contributed by atoms with Crippen molar-refractivity contribution >= 4 is 6.03 Å². The number of carbonyl (C=O) groups excluding carboxylic acids is 1. The van der Waals surface area contributed by atoms with Gasteiger partial charge < -0.3 is 15.0 Å². The molecule has 1 N–H and O–H groups in total. The van der Waals surface area contributed by atoms with Gasteiger partial charge in [-0.3, -0.25) is 0 Å². The quantitative estimate of drug-likeness (QED) is 0.829. The Morgan fingerprint density at radius 1 is 1.28 bits per heavy atom. The van der Waals surface area contributed by atoms with Gasteiger partial charge in [0.15, 0.2) is 0 Å². The van der Waals surface area contributed by atoms with Crippen molar-refractivity contribution in [3.63, 3.8) is 0 Å². The molecule has 0 saturated carbocycles. The third-order valence-corrected chi connectivity index (χ3v) is 6.24. The van der Waals surface area contributed by atoms with Crippen LogP contribution in [0.25, 0.3) is 0 Å². The fourth-order valence-corrected chi connectivity index (χ4v) is 4.72. The van der Waals surface area contributed by atoms with Crippen LogP contribution in [0.3, 0.4) is 0 Å². The van der Waals surface area contributed by atoms with Gasteiger partial charge in [0.05, 0.1) is 43.2 Å². The van der Waals surface area contributed by atoms with Gasteiger partial charge in [0.1, 0.15) is 5.82 Å². The van der Waals surface area contributed by atoms with Gasteiger partial charge in [-0.05, 0) is 12.8 Å². The van der Waals surface area contributed by atoms with Gasteiger partial charge in [0, 0.05) is 35.8 Å². The van der Waals surface area contributed by atoms with Gasteiger partial charge in [-0.25, -0.2) is 19.4 Å². The lowest BCUT2D eigenvalue weighted by molar-refractivity contribution is 0.155. The Hall–Kier alpha value is -2.55. The Kier molecular flexibility index (Phi) is 4.31. The third kappa shape index (κ3) is 3.17. The zero-order valence-electron chi connectivity index (χ0n) is 17.1. The van der Waals surface area contributed by atoms with E-state index in [1.807, 2.05) is 17.3 Å². The SMILES string of the molecule is CC(C)(C)c1ncc2c(n1)CC1CCC2N1C(=O)N[C@H]1COC[C@H]1n1ccnn1. The van der Waals surface area contributed by atoms with Gasteiger partial charge in [0.25, 0.3) is 0 Å². The first-order chi connectivity index (χ1) is 13.9. The molecule has 4 atom stereocenters. The number of ether oxygens (including phenoxy) is 1. The predicted octanol–water partition coefficient (Wildman–Crippen LogP) is 1.78. The van der Waals surface area contributed by atoms with Crippen LogP contribution in [0.15, 0.2) is 18.6 Å². The Labute approximate surface area is 169 Å². The third-order valence-electron chi connectivity index (χ3n) is 6.24. The van der Waals surface area contributed by atoms with Crippen LogP contribution in [0.4, 0.5) is 4.79 Å². The average molecular weight is 397 g/mol. The Balaban J connectivity index is 1.35. The highest BCUT2D eigenvalue weighted by Gasteiger charge is 2.45. The van der Waals surface area contributed by atoms with Gasteiger partial charge in [-0.1, -0.05) is 26.0 Å². The highest BCUT2D eigenvalue weighted by Crippen LogP contribution is 2.43. The van der Waals surface area contributed by atoms with Crippen LogP contribution in [-0.2, 0) is 16.6 Å². The minimum Gasteiger partial charge on any atom is -0.377 e. The zero-order valence-corrected chi connectivity index (χ0v) is 17.1. The van der Waals surface area contributed by atoms with Crippen LogP contribution < -0.4 is 5.32 Å². The van der Waals surface area contributed by atoms with Gasteiger partial charge >= 0.3 is 6.03 Å². The fraction of sp³-hybridized carbons (Fsp3) is 0.650. The molecule has 3 aliphatic rings. The highest BCUT2D eigenvalue weighted by atomic mass is 16.5. The number of rotatable bonds is 2. The number of fused-ring (bicyclic) bond motifs is 4. The van der Waals surface area contributed by atoms with Gasteiger partial charge in [-0.15, -0.1) is 5.10 Å². The number of hydrogen-bond acceptors (Lipinski definition) is 6. The first kappa shape index (κ1) is 18.5. The molecule has 2 saturated heterocycles. The van der Waals surface area contributed by atoms with E-state index in [4.69, 9.17) is 9.72 Å². The Morgan fingerprint density at radius 3 is 2.90 bits per heavy atom. The Morgan fingerprint density at radius 2 is 2.14 bits per heavy atom. The maximum atomic E-state index is 13.2. The van der Waals surface area contributed by atoms with E-state index in [0.717, 1.165) is 36.3 Å². The second-order valence-corrected chi connectivity index (χ2v) is 9.25. The van der Waals surface area contributed by atoms with Crippen molar-refractivity contribution < 1.29 is 9.53 Å². The standard InChI is InChI=1S/C20H27N7O2/c1-20(2,3)18-21-9-13-14(23-18)8-12-4-5-16(13)27(12)19(28)24-15-10-29-11-17(15)26-7-6-22-25-26/h6-7,9,12,15-17H,4-5,8,10-11H2,1-3H3,(H,24,28)/t12?,15-,16?,17+/m0/s1. The topological polar surface area (TPSA) is 98.1 Å². The van der Waals surface area contributed by atoms with Crippen LogP contribution >= 0.6 is 0 Å². The number of nitrogens with one attached hydrogen (secondary N) is 1. The molecule has 3 aliphatic heterocycles. The number of hydrogen-bond donors (Lipinski definition) is 1. The van der Waals surface area contributed by atoms with E-state index in [9.17, 15) is 4.79 Å². The first-order valence-electron chi connectivity index (χ1n) is 10.3. The molecular formula is C20H27N7O2. The maximum Gasteiger partial charge on any atom is 0.318 e. The van der Waals surface area contributed by atoms with Crippen LogP contribution in [0, 0.1) is 0 Å². The van der Waals surface area contributed by atoms with E-state index in [1.54, 1.807) is 10.9 Å². The van der Waals surface area contributed by atoms with Crippen molar-refractivity contribution in [2.75, 3.05) is 13.2 Å². The number of aromatic nitrogens is 5. The van der Waals surface area contributed by atoms with E-state index in [0.29, 0.717) is 13.2 Å². The van der Waals surface area contributed by atoms with Crippen LogP contribution in [0.1, 0.15) is 62.8 Å². The minimum absolute atomic E-state index is 0.0335. The van der Waals surface area contributed by atoms with Gasteiger partial charge in [0.2, 0.25) is 0 Å². The average Bonchev–Trinajstić information content (AvgIpc) is 3.40. The summed E-state index contributed by atoms with van der Waals surface area (Å²) in [5.41, 5.74) is 2.12. The monoisotopic (exact) mass is 397 g/mol. The minimum atomic E-state index is -0.121. The van der Waals surface area contributed by atoms with E-state index in [2.05, 4.69) is 41.4 Å². The molecule has 5 rings (SSSR count).